The van der Waals surface area contributed by atoms with Crippen LogP contribution in [0, 0.1) is 5.92 Å². The molecule has 3 nitrogen and oxygen atoms in total. The number of hydrogen-bond acceptors (Lipinski definition) is 2. The number of carbonyl (C=O) groups is 1. The van der Waals surface area contributed by atoms with Crippen LogP contribution in [-0.2, 0) is 4.79 Å². The Kier molecular flexibility index (Phi) is 3.75. The zero-order chi connectivity index (χ0) is 10.8. The summed E-state index contributed by atoms with van der Waals surface area (Å²) in [4.78, 5) is 12.6. The predicted octanol–water partition coefficient (Wildman–Crippen LogP) is 1.74. The van der Waals surface area contributed by atoms with E-state index in [9.17, 15) is 4.79 Å². The maximum absolute atomic E-state index is 11.7. The molecule has 0 aromatic rings. The topological polar surface area (TPSA) is 32.3 Å². The Morgan fingerprint density at radius 3 is 2.60 bits per heavy atom. The molecule has 0 aromatic heterocycles. The fourth-order valence-electron chi connectivity index (χ4n) is 2.65. The molecule has 1 aliphatic heterocycles. The van der Waals surface area contributed by atoms with Gasteiger partial charge in [-0.2, -0.15) is 0 Å². The molecule has 1 amide bonds. The second kappa shape index (κ2) is 4.89. The third-order valence-corrected chi connectivity index (χ3v) is 3.73. The molecule has 1 N–H and O–H groups in total. The highest BCUT2D eigenvalue weighted by Gasteiger charge is 2.37. The van der Waals surface area contributed by atoms with E-state index in [4.69, 9.17) is 23.2 Å². The molecule has 0 bridgehead atoms. The minimum Gasteiger partial charge on any atom is -0.323 e. The fourth-order valence-corrected chi connectivity index (χ4v) is 2.90. The molecular weight excluding hydrogens is 235 g/mol. The second-order valence-corrected chi connectivity index (χ2v) is 5.37. The molecule has 1 aliphatic carbocycles. The molecule has 5 heteroatoms. The van der Waals surface area contributed by atoms with Crippen molar-refractivity contribution in [3.8, 4) is 0 Å². The minimum absolute atomic E-state index is 0.153. The van der Waals surface area contributed by atoms with Gasteiger partial charge in [0.2, 0.25) is 0 Å². The van der Waals surface area contributed by atoms with E-state index in [1.54, 1.807) is 4.90 Å². The van der Waals surface area contributed by atoms with Crippen LogP contribution in [0.3, 0.4) is 0 Å². The SMILES string of the molecule is O=C(C(Cl)Cl)N1CCNC1C1CCCC1. The highest BCUT2D eigenvalue weighted by atomic mass is 35.5. The Labute approximate surface area is 100 Å². The van der Waals surface area contributed by atoms with Gasteiger partial charge in [-0.05, 0) is 18.8 Å². The summed E-state index contributed by atoms with van der Waals surface area (Å²) >= 11 is 11.3. The summed E-state index contributed by atoms with van der Waals surface area (Å²) in [5, 5.41) is 3.37. The van der Waals surface area contributed by atoms with Crippen molar-refractivity contribution in [1.29, 1.82) is 0 Å². The molecule has 1 saturated carbocycles. The molecule has 1 atom stereocenters. The van der Waals surface area contributed by atoms with E-state index in [1.165, 1.54) is 25.7 Å². The molecule has 2 fully saturated rings. The second-order valence-electron chi connectivity index (χ2n) is 4.28. The van der Waals surface area contributed by atoms with Gasteiger partial charge in [0.25, 0.3) is 5.91 Å². The van der Waals surface area contributed by atoms with Crippen LogP contribution in [-0.4, -0.2) is 34.9 Å². The van der Waals surface area contributed by atoms with E-state index < -0.39 is 4.84 Å². The number of halogens is 2. The summed E-state index contributed by atoms with van der Waals surface area (Å²) in [5.41, 5.74) is 0. The van der Waals surface area contributed by atoms with Crippen molar-refractivity contribution < 1.29 is 4.79 Å². The van der Waals surface area contributed by atoms with Crippen molar-refractivity contribution in [3.63, 3.8) is 0 Å². The van der Waals surface area contributed by atoms with Crippen LogP contribution < -0.4 is 5.32 Å². The largest absolute Gasteiger partial charge is 0.323 e. The van der Waals surface area contributed by atoms with E-state index in [2.05, 4.69) is 5.32 Å². The Morgan fingerprint density at radius 1 is 1.33 bits per heavy atom. The predicted molar refractivity (Wildman–Crippen MR) is 61.0 cm³/mol. The van der Waals surface area contributed by atoms with Gasteiger partial charge in [0.1, 0.15) is 0 Å². The quantitative estimate of drug-likeness (QED) is 0.758. The molecule has 86 valence electrons. The lowest BCUT2D eigenvalue weighted by Crippen LogP contribution is -2.46. The van der Waals surface area contributed by atoms with Crippen molar-refractivity contribution in [2.75, 3.05) is 13.1 Å². The van der Waals surface area contributed by atoms with Crippen molar-refractivity contribution >= 4 is 29.1 Å². The number of amides is 1. The lowest BCUT2D eigenvalue weighted by Gasteiger charge is -2.29. The molecule has 0 spiro atoms. The summed E-state index contributed by atoms with van der Waals surface area (Å²) < 4.78 is 0. The van der Waals surface area contributed by atoms with Crippen molar-refractivity contribution in [1.82, 2.24) is 10.2 Å². The number of nitrogens with zero attached hydrogens (tertiary/aromatic N) is 1. The first-order valence-corrected chi connectivity index (χ1v) is 6.39. The maximum atomic E-state index is 11.7. The minimum atomic E-state index is -0.922. The van der Waals surface area contributed by atoms with Crippen LogP contribution >= 0.6 is 23.2 Å². The van der Waals surface area contributed by atoms with Crippen LogP contribution in [0.4, 0.5) is 0 Å². The van der Waals surface area contributed by atoms with E-state index in [0.717, 1.165) is 13.1 Å². The van der Waals surface area contributed by atoms with E-state index >= 15 is 0 Å². The normalized spacial score (nSPS) is 27.9. The molecule has 0 aromatic carbocycles. The highest BCUT2D eigenvalue weighted by molar-refractivity contribution is 6.53. The average molecular weight is 251 g/mol. The molecule has 1 heterocycles. The Morgan fingerprint density at radius 2 is 2.00 bits per heavy atom. The van der Waals surface area contributed by atoms with Crippen LogP contribution in [0.15, 0.2) is 0 Å². The molecule has 1 saturated heterocycles. The first kappa shape index (κ1) is 11.5. The van der Waals surface area contributed by atoms with Crippen LogP contribution in [0.25, 0.3) is 0 Å². The van der Waals surface area contributed by atoms with E-state index in [-0.39, 0.29) is 12.1 Å². The Bertz CT molecular complexity index is 242. The van der Waals surface area contributed by atoms with E-state index in [0.29, 0.717) is 5.92 Å². The summed E-state index contributed by atoms with van der Waals surface area (Å²) in [5.74, 6) is 0.434. The van der Waals surface area contributed by atoms with Gasteiger partial charge in [0.05, 0.1) is 6.17 Å². The smallest absolute Gasteiger partial charge is 0.257 e. The first-order valence-electron chi connectivity index (χ1n) is 5.52. The van der Waals surface area contributed by atoms with Gasteiger partial charge >= 0.3 is 0 Å². The monoisotopic (exact) mass is 250 g/mol. The van der Waals surface area contributed by atoms with Gasteiger partial charge in [0, 0.05) is 13.1 Å². The third-order valence-electron chi connectivity index (χ3n) is 3.36. The zero-order valence-electron chi connectivity index (χ0n) is 8.59. The van der Waals surface area contributed by atoms with Crippen LogP contribution in [0.2, 0.25) is 0 Å². The van der Waals surface area contributed by atoms with Gasteiger partial charge in [-0.25, -0.2) is 0 Å². The molecule has 2 aliphatic rings. The Balaban J connectivity index is 2.01. The number of hydrogen-bond donors (Lipinski definition) is 1. The van der Waals surface area contributed by atoms with E-state index in [1.807, 2.05) is 0 Å². The van der Waals surface area contributed by atoms with Crippen LogP contribution in [0.5, 0.6) is 0 Å². The summed E-state index contributed by atoms with van der Waals surface area (Å²) in [7, 11) is 0. The van der Waals surface area contributed by atoms with Crippen molar-refractivity contribution in [2.24, 2.45) is 5.92 Å². The van der Waals surface area contributed by atoms with Gasteiger partial charge in [0.15, 0.2) is 4.84 Å². The van der Waals surface area contributed by atoms with Gasteiger partial charge in [-0.15, -0.1) is 0 Å². The molecular formula is C10H16Cl2N2O. The standard InChI is InChI=1S/C10H16Cl2N2O/c11-8(12)10(15)14-6-5-13-9(14)7-3-1-2-4-7/h7-9,13H,1-6H2. The van der Waals surface area contributed by atoms with Gasteiger partial charge in [-0.1, -0.05) is 36.0 Å². The summed E-state index contributed by atoms with van der Waals surface area (Å²) in [6.07, 6.45) is 5.12. The average Bonchev–Trinajstić information content (AvgIpc) is 2.86. The lowest BCUT2D eigenvalue weighted by atomic mass is 10.0. The summed E-state index contributed by atoms with van der Waals surface area (Å²) in [6.45, 7) is 1.59. The lowest BCUT2D eigenvalue weighted by molar-refractivity contribution is -0.131. The van der Waals surface area contributed by atoms with Crippen molar-refractivity contribution in [3.05, 3.63) is 0 Å². The molecule has 15 heavy (non-hydrogen) atoms. The van der Waals surface area contributed by atoms with Crippen molar-refractivity contribution in [2.45, 2.75) is 36.7 Å². The zero-order valence-corrected chi connectivity index (χ0v) is 10.1. The van der Waals surface area contributed by atoms with Crippen LogP contribution in [0.1, 0.15) is 25.7 Å². The fraction of sp³-hybridized carbons (Fsp3) is 0.900. The molecule has 1 unspecified atom stereocenters. The number of carbonyl (C=O) groups excluding carboxylic acids is 1. The van der Waals surface area contributed by atoms with Gasteiger partial charge in [-0.3, -0.25) is 10.1 Å². The third kappa shape index (κ3) is 2.40. The maximum Gasteiger partial charge on any atom is 0.257 e. The highest BCUT2D eigenvalue weighted by Crippen LogP contribution is 2.31. The Hall–Kier alpha value is 0.01000. The first-order chi connectivity index (χ1) is 7.20. The van der Waals surface area contributed by atoms with Gasteiger partial charge < -0.3 is 4.90 Å². The number of nitrogens with one attached hydrogen (secondary N) is 1. The molecule has 0 radical (unpaired) electrons. The number of rotatable bonds is 2. The summed E-state index contributed by atoms with van der Waals surface area (Å²) in [6, 6.07) is 0. The molecule has 2 rings (SSSR count). The number of alkyl halides is 2.